The van der Waals surface area contributed by atoms with Gasteiger partial charge in [-0.15, -0.1) is 0 Å². The predicted molar refractivity (Wildman–Crippen MR) is 120 cm³/mol. The van der Waals surface area contributed by atoms with Gasteiger partial charge in [0.15, 0.2) is 0 Å². The summed E-state index contributed by atoms with van der Waals surface area (Å²) < 4.78 is 0. The number of halogens is 2. The Bertz CT molecular complexity index is 800. The molecule has 0 aliphatic carbocycles. The first-order valence-electron chi connectivity index (χ1n) is 10.3. The maximum absolute atomic E-state index is 12.8. The molecule has 3 rings (SSSR count). The predicted octanol–water partition coefficient (Wildman–Crippen LogP) is 3.90. The first-order valence-corrected chi connectivity index (χ1v) is 11.1. The van der Waals surface area contributed by atoms with Gasteiger partial charge in [0.2, 0.25) is 0 Å². The number of aliphatic carboxylic acids is 2. The van der Waals surface area contributed by atoms with Gasteiger partial charge in [0.25, 0.3) is 5.91 Å². The number of hydrogen-bond acceptors (Lipinski definition) is 4. The second-order valence-corrected chi connectivity index (χ2v) is 8.74. The van der Waals surface area contributed by atoms with E-state index in [0.717, 1.165) is 26.2 Å². The Morgan fingerprint density at radius 3 is 2.06 bits per heavy atom. The molecule has 2 aliphatic rings. The van der Waals surface area contributed by atoms with E-state index in [-0.39, 0.29) is 5.91 Å². The zero-order chi connectivity index (χ0) is 23.0. The summed E-state index contributed by atoms with van der Waals surface area (Å²) in [4.78, 5) is 36.5. The lowest BCUT2D eigenvalue weighted by Gasteiger charge is -2.46. The molecule has 2 unspecified atom stereocenters. The molecule has 2 fully saturated rings. The van der Waals surface area contributed by atoms with Crippen LogP contribution in [0.25, 0.3) is 0 Å². The lowest BCUT2D eigenvalue weighted by atomic mass is 9.84. The second-order valence-electron chi connectivity index (χ2n) is 7.93. The van der Waals surface area contributed by atoms with Crippen LogP contribution >= 0.6 is 23.2 Å². The van der Waals surface area contributed by atoms with Crippen molar-refractivity contribution < 1.29 is 24.6 Å². The van der Waals surface area contributed by atoms with E-state index in [1.807, 2.05) is 4.90 Å². The number of carboxylic acids is 2. The van der Waals surface area contributed by atoms with Crippen molar-refractivity contribution in [3.63, 3.8) is 0 Å². The summed E-state index contributed by atoms with van der Waals surface area (Å²) in [5, 5.41) is 16.6. The molecule has 2 saturated heterocycles. The fourth-order valence-electron chi connectivity index (χ4n) is 4.07. The molecule has 31 heavy (non-hydrogen) atoms. The fourth-order valence-corrected chi connectivity index (χ4v) is 4.37. The minimum atomic E-state index is -1.26. The van der Waals surface area contributed by atoms with Gasteiger partial charge in [0, 0.05) is 43.9 Å². The Morgan fingerprint density at radius 1 is 1.00 bits per heavy atom. The number of hydrogen-bond donors (Lipinski definition) is 2. The van der Waals surface area contributed by atoms with Crippen LogP contribution in [0.4, 0.5) is 0 Å². The third-order valence-corrected chi connectivity index (χ3v) is 6.05. The van der Waals surface area contributed by atoms with Gasteiger partial charge < -0.3 is 20.0 Å². The normalized spacial score (nSPS) is 20.8. The first-order chi connectivity index (χ1) is 14.7. The van der Waals surface area contributed by atoms with Crippen LogP contribution in [-0.4, -0.2) is 70.6 Å². The zero-order valence-corrected chi connectivity index (χ0v) is 19.0. The van der Waals surface area contributed by atoms with Gasteiger partial charge in [-0.05, 0) is 49.4 Å². The Labute approximate surface area is 192 Å². The lowest BCUT2D eigenvalue weighted by Crippen LogP contribution is -2.54. The summed E-state index contributed by atoms with van der Waals surface area (Å²) in [6.07, 6.45) is 4.89. The molecule has 9 heteroatoms. The van der Waals surface area contributed by atoms with Crippen LogP contribution in [0.2, 0.25) is 10.0 Å². The molecule has 2 N–H and O–H groups in total. The molecule has 0 aromatic heterocycles. The molecule has 1 amide bonds. The highest BCUT2D eigenvalue weighted by molar-refractivity contribution is 6.42. The minimum Gasteiger partial charge on any atom is -0.478 e. The van der Waals surface area contributed by atoms with Crippen LogP contribution in [0.5, 0.6) is 0 Å². The number of carboxylic acid groups (broad SMARTS) is 2. The molecule has 2 heterocycles. The number of amides is 1. The van der Waals surface area contributed by atoms with E-state index >= 15 is 0 Å². The van der Waals surface area contributed by atoms with E-state index in [1.165, 1.54) is 25.8 Å². The number of carbonyl (C=O) groups excluding carboxylic acids is 1. The van der Waals surface area contributed by atoms with Gasteiger partial charge in [0.05, 0.1) is 10.0 Å². The quantitative estimate of drug-likeness (QED) is 0.611. The Morgan fingerprint density at radius 2 is 1.58 bits per heavy atom. The van der Waals surface area contributed by atoms with Crippen molar-refractivity contribution in [2.24, 2.45) is 11.8 Å². The molecule has 0 saturated carbocycles. The Balaban J connectivity index is 0.000000366. The van der Waals surface area contributed by atoms with Crippen molar-refractivity contribution in [1.82, 2.24) is 9.80 Å². The highest BCUT2D eigenvalue weighted by atomic mass is 35.5. The molecule has 2 atom stereocenters. The zero-order valence-electron chi connectivity index (χ0n) is 17.5. The van der Waals surface area contributed by atoms with E-state index in [0.29, 0.717) is 39.6 Å². The van der Waals surface area contributed by atoms with Crippen molar-refractivity contribution in [1.29, 1.82) is 0 Å². The number of carbonyl (C=O) groups is 3. The average Bonchev–Trinajstić information content (AvgIpc) is 2.72. The molecule has 1 aromatic rings. The van der Waals surface area contributed by atoms with Crippen LogP contribution in [0.15, 0.2) is 30.4 Å². The van der Waals surface area contributed by atoms with Gasteiger partial charge in [0.1, 0.15) is 0 Å². The summed E-state index contributed by atoms with van der Waals surface area (Å²) in [6, 6.07) is 5.16. The van der Waals surface area contributed by atoms with Crippen LogP contribution in [-0.2, 0) is 9.59 Å². The van der Waals surface area contributed by atoms with Crippen LogP contribution in [0, 0.1) is 11.8 Å². The van der Waals surface area contributed by atoms with Gasteiger partial charge in [-0.1, -0.05) is 36.5 Å². The fraction of sp³-hybridized carbons (Fsp3) is 0.500. The third-order valence-electron chi connectivity index (χ3n) is 5.31. The summed E-state index contributed by atoms with van der Waals surface area (Å²) >= 11 is 12.0. The van der Waals surface area contributed by atoms with E-state index in [1.54, 1.807) is 18.2 Å². The van der Waals surface area contributed by atoms with Crippen molar-refractivity contribution in [2.75, 3.05) is 32.7 Å². The van der Waals surface area contributed by atoms with Crippen LogP contribution in [0.3, 0.4) is 0 Å². The highest BCUT2D eigenvalue weighted by Crippen LogP contribution is 2.30. The molecule has 1 aromatic carbocycles. The number of nitrogens with zero attached hydrogens (tertiary/aromatic N) is 2. The van der Waals surface area contributed by atoms with E-state index in [2.05, 4.69) is 11.8 Å². The molecular weight excluding hydrogens is 443 g/mol. The molecular formula is C22H28Cl2N2O5. The van der Waals surface area contributed by atoms with Gasteiger partial charge in [-0.3, -0.25) is 4.79 Å². The number of piperidine rings is 2. The SMILES string of the molecule is CCCCN1CC2CC(C1)CN(C(=O)c1ccc(Cl)c(Cl)c1)C2.O=C(O)/C=C/C(=O)O. The smallest absolute Gasteiger partial charge is 0.328 e. The van der Waals surface area contributed by atoms with E-state index in [9.17, 15) is 14.4 Å². The summed E-state index contributed by atoms with van der Waals surface area (Å²) in [5.41, 5.74) is 0.641. The van der Waals surface area contributed by atoms with E-state index < -0.39 is 11.9 Å². The topological polar surface area (TPSA) is 98.2 Å². The molecule has 0 radical (unpaired) electrons. The third kappa shape index (κ3) is 8.16. The molecule has 2 bridgehead atoms. The first kappa shape index (κ1) is 25.2. The summed E-state index contributed by atoms with van der Waals surface area (Å²) in [7, 11) is 0. The maximum atomic E-state index is 12.8. The largest absolute Gasteiger partial charge is 0.478 e. The number of fused-ring (bicyclic) bond motifs is 2. The van der Waals surface area contributed by atoms with Gasteiger partial charge >= 0.3 is 11.9 Å². The molecule has 0 spiro atoms. The molecule has 7 nitrogen and oxygen atoms in total. The maximum Gasteiger partial charge on any atom is 0.328 e. The van der Waals surface area contributed by atoms with Gasteiger partial charge in [-0.2, -0.15) is 0 Å². The Hall–Kier alpha value is -2.09. The number of unbranched alkanes of at least 4 members (excludes halogenated alkanes) is 1. The second kappa shape index (κ2) is 12.1. The molecule has 170 valence electrons. The standard InChI is InChI=1S/C18H24Cl2N2O.C4H4O4/c1-2-3-6-21-9-13-7-14(10-21)12-22(11-13)18(23)15-4-5-16(19)17(20)8-15;5-3(6)1-2-4(7)8/h4-5,8,13-14H,2-3,6-7,9-12H2,1H3;1-2H,(H,5,6)(H,7,8)/b;2-1+. The number of benzene rings is 1. The van der Waals surface area contributed by atoms with Crippen molar-refractivity contribution in [2.45, 2.75) is 26.2 Å². The Kier molecular flexibility index (Phi) is 9.81. The van der Waals surface area contributed by atoms with Crippen LogP contribution < -0.4 is 0 Å². The van der Waals surface area contributed by atoms with Crippen LogP contribution in [0.1, 0.15) is 36.5 Å². The van der Waals surface area contributed by atoms with Gasteiger partial charge in [-0.25, -0.2) is 9.59 Å². The van der Waals surface area contributed by atoms with Crippen molar-refractivity contribution in [3.05, 3.63) is 46.0 Å². The highest BCUT2D eigenvalue weighted by Gasteiger charge is 2.35. The summed E-state index contributed by atoms with van der Waals surface area (Å²) in [5.74, 6) is -1.22. The van der Waals surface area contributed by atoms with E-state index in [4.69, 9.17) is 33.4 Å². The monoisotopic (exact) mass is 470 g/mol. The number of likely N-dealkylation sites (tertiary alicyclic amines) is 2. The number of rotatable bonds is 6. The average molecular weight is 471 g/mol. The summed E-state index contributed by atoms with van der Waals surface area (Å²) in [6.45, 7) is 7.41. The van der Waals surface area contributed by atoms with Crippen molar-refractivity contribution in [3.8, 4) is 0 Å². The minimum absolute atomic E-state index is 0.0836. The molecule has 2 aliphatic heterocycles. The lowest BCUT2D eigenvalue weighted by molar-refractivity contribution is -0.134. The van der Waals surface area contributed by atoms with Crippen molar-refractivity contribution >= 4 is 41.0 Å².